The third-order valence-electron chi connectivity index (χ3n) is 8.89. The van der Waals surface area contributed by atoms with Crippen molar-refractivity contribution in [1.29, 1.82) is 5.26 Å². The van der Waals surface area contributed by atoms with Gasteiger partial charge in [-0.1, -0.05) is 97.3 Å². The van der Waals surface area contributed by atoms with Crippen molar-refractivity contribution in [2.45, 2.75) is 136 Å². The number of carbonyl (C=O) groups excluding carboxylic acids is 1. The van der Waals surface area contributed by atoms with Crippen LogP contribution in [0.2, 0.25) is 0 Å². The van der Waals surface area contributed by atoms with Crippen molar-refractivity contribution in [3.05, 3.63) is 42.6 Å². The minimum absolute atomic E-state index is 0.129. The molecule has 1 aromatic carbocycles. The van der Waals surface area contributed by atoms with Gasteiger partial charge in [-0.3, -0.25) is 9.78 Å². The Kier molecular flexibility index (Phi) is 15.5. The number of hydrogen-bond acceptors (Lipinski definition) is 5. The number of pyridine rings is 1. The number of benzene rings is 1. The summed E-state index contributed by atoms with van der Waals surface area (Å²) in [6.07, 6.45) is 23.5. The van der Waals surface area contributed by atoms with Gasteiger partial charge in [-0.2, -0.15) is 5.26 Å². The van der Waals surface area contributed by atoms with Crippen molar-refractivity contribution in [2.24, 2.45) is 11.3 Å². The molecule has 0 amide bonds. The number of rotatable bonds is 20. The molecule has 5 heteroatoms. The van der Waals surface area contributed by atoms with Crippen LogP contribution in [0.4, 0.5) is 0 Å². The van der Waals surface area contributed by atoms with E-state index in [-0.39, 0.29) is 17.3 Å². The molecule has 230 valence electrons. The monoisotopic (exact) mass is 574 g/mol. The molecule has 5 nitrogen and oxygen atoms in total. The standard InChI is InChI=1S/C37H54N2O3/c1-3-5-7-9-11-12-14-16-28-41-34-21-22-35(39-29-34)31-17-19-33(20-18-31)42-36(40)32-23-26-37(30-38,27-24-32)25-15-13-10-8-6-4-2/h17-22,29,32H,3-16,23-28H2,1-2H3/t32-,37-. The number of aromatic nitrogens is 1. The van der Waals surface area contributed by atoms with E-state index in [2.05, 4.69) is 24.9 Å². The number of nitrogens with zero attached hydrogens (tertiary/aromatic N) is 2. The lowest BCUT2D eigenvalue weighted by Gasteiger charge is -2.34. The highest BCUT2D eigenvalue weighted by molar-refractivity contribution is 5.75. The molecule has 1 saturated carbocycles. The Hall–Kier alpha value is -2.87. The van der Waals surface area contributed by atoms with Gasteiger partial charge in [0.2, 0.25) is 0 Å². The summed E-state index contributed by atoms with van der Waals surface area (Å²) < 4.78 is 11.6. The summed E-state index contributed by atoms with van der Waals surface area (Å²) in [4.78, 5) is 17.5. The average molecular weight is 575 g/mol. The van der Waals surface area contributed by atoms with Crippen LogP contribution in [0.1, 0.15) is 136 Å². The second kappa shape index (κ2) is 19.3. The molecule has 1 aromatic heterocycles. The summed E-state index contributed by atoms with van der Waals surface area (Å²) in [6.45, 7) is 5.22. The quantitative estimate of drug-likeness (QED) is 0.0893. The molecule has 3 rings (SSSR count). The van der Waals surface area contributed by atoms with Crippen molar-refractivity contribution in [3.8, 4) is 28.8 Å². The zero-order valence-corrected chi connectivity index (χ0v) is 26.4. The molecule has 0 aliphatic heterocycles. The lowest BCUT2D eigenvalue weighted by atomic mass is 9.69. The molecule has 0 bridgehead atoms. The van der Waals surface area contributed by atoms with Crippen LogP contribution in [0.25, 0.3) is 11.3 Å². The van der Waals surface area contributed by atoms with E-state index in [1.165, 1.54) is 77.0 Å². The number of nitriles is 1. The summed E-state index contributed by atoms with van der Waals surface area (Å²) >= 11 is 0. The van der Waals surface area contributed by atoms with Crippen molar-refractivity contribution in [2.75, 3.05) is 6.61 Å². The number of ether oxygens (including phenoxy) is 2. The molecule has 0 spiro atoms. The van der Waals surface area contributed by atoms with Crippen LogP contribution >= 0.6 is 0 Å². The first kappa shape index (κ1) is 33.6. The van der Waals surface area contributed by atoms with Crippen LogP contribution in [-0.2, 0) is 4.79 Å². The minimum atomic E-state index is -0.260. The molecule has 1 fully saturated rings. The van der Waals surface area contributed by atoms with Crippen LogP contribution in [0.3, 0.4) is 0 Å². The Morgan fingerprint density at radius 1 is 0.810 bits per heavy atom. The first-order valence-corrected chi connectivity index (χ1v) is 16.9. The predicted molar refractivity (Wildman–Crippen MR) is 171 cm³/mol. The van der Waals surface area contributed by atoms with E-state index in [0.717, 1.165) is 68.6 Å². The van der Waals surface area contributed by atoms with Gasteiger partial charge in [-0.15, -0.1) is 0 Å². The van der Waals surface area contributed by atoms with E-state index >= 15 is 0 Å². The van der Waals surface area contributed by atoms with Crippen molar-refractivity contribution < 1.29 is 14.3 Å². The normalized spacial score (nSPS) is 18.4. The second-order valence-electron chi connectivity index (χ2n) is 12.3. The van der Waals surface area contributed by atoms with Gasteiger partial charge in [0.1, 0.15) is 11.5 Å². The fraction of sp³-hybridized carbons (Fsp3) is 0.649. The molecule has 1 aliphatic carbocycles. The second-order valence-corrected chi connectivity index (χ2v) is 12.3. The number of hydrogen-bond donors (Lipinski definition) is 0. The van der Waals surface area contributed by atoms with Gasteiger partial charge in [0.15, 0.2) is 0 Å². The summed E-state index contributed by atoms with van der Waals surface area (Å²) in [6, 6.07) is 14.1. The Labute approximate surface area is 255 Å². The van der Waals surface area contributed by atoms with E-state index in [0.29, 0.717) is 5.75 Å². The van der Waals surface area contributed by atoms with Gasteiger partial charge < -0.3 is 9.47 Å². The maximum Gasteiger partial charge on any atom is 0.314 e. The van der Waals surface area contributed by atoms with Gasteiger partial charge >= 0.3 is 5.97 Å². The van der Waals surface area contributed by atoms with Gasteiger partial charge in [-0.25, -0.2) is 0 Å². The molecule has 0 unspecified atom stereocenters. The molecule has 1 heterocycles. The highest BCUT2D eigenvalue weighted by atomic mass is 16.5. The fourth-order valence-electron chi connectivity index (χ4n) is 6.02. The lowest BCUT2D eigenvalue weighted by Crippen LogP contribution is -2.31. The zero-order chi connectivity index (χ0) is 29.9. The third-order valence-corrected chi connectivity index (χ3v) is 8.89. The van der Waals surface area contributed by atoms with Crippen LogP contribution < -0.4 is 9.47 Å². The largest absolute Gasteiger partial charge is 0.492 e. The van der Waals surface area contributed by atoms with E-state index in [9.17, 15) is 10.1 Å². The molecule has 0 N–H and O–H groups in total. The average Bonchev–Trinajstić information content (AvgIpc) is 3.03. The van der Waals surface area contributed by atoms with Crippen molar-refractivity contribution >= 4 is 5.97 Å². The van der Waals surface area contributed by atoms with Crippen molar-refractivity contribution in [3.63, 3.8) is 0 Å². The predicted octanol–water partition coefficient (Wildman–Crippen LogP) is 10.6. The number of esters is 1. The van der Waals surface area contributed by atoms with Crippen molar-refractivity contribution in [1.82, 2.24) is 4.98 Å². The van der Waals surface area contributed by atoms with Gasteiger partial charge in [-0.05, 0) is 74.9 Å². The molecule has 1 aliphatic rings. The van der Waals surface area contributed by atoms with Gasteiger partial charge in [0, 0.05) is 5.56 Å². The van der Waals surface area contributed by atoms with E-state index < -0.39 is 0 Å². The molecule has 42 heavy (non-hydrogen) atoms. The Morgan fingerprint density at radius 3 is 1.95 bits per heavy atom. The van der Waals surface area contributed by atoms with E-state index in [1.54, 1.807) is 6.20 Å². The molecular formula is C37H54N2O3. The van der Waals surface area contributed by atoms with Gasteiger partial charge in [0.25, 0.3) is 0 Å². The molecular weight excluding hydrogens is 520 g/mol. The summed E-state index contributed by atoms with van der Waals surface area (Å²) in [7, 11) is 0. The molecule has 2 aromatic rings. The maximum absolute atomic E-state index is 12.9. The smallest absolute Gasteiger partial charge is 0.314 e. The van der Waals surface area contributed by atoms with E-state index in [4.69, 9.17) is 9.47 Å². The van der Waals surface area contributed by atoms with E-state index in [1.807, 2.05) is 36.4 Å². The summed E-state index contributed by atoms with van der Waals surface area (Å²) in [5, 5.41) is 9.89. The highest BCUT2D eigenvalue weighted by Gasteiger charge is 2.38. The SMILES string of the molecule is CCCCCCCCCCOc1ccc(-c2ccc(OC(=O)[C@H]3CC[C@@](C#N)(CCCCCCCC)CC3)cc2)nc1. The van der Waals surface area contributed by atoms with Crippen LogP contribution in [-0.4, -0.2) is 17.6 Å². The third kappa shape index (κ3) is 11.8. The lowest BCUT2D eigenvalue weighted by molar-refractivity contribution is -0.140. The summed E-state index contributed by atoms with van der Waals surface area (Å²) in [5.41, 5.74) is 1.57. The van der Waals surface area contributed by atoms with Gasteiger partial charge in [0.05, 0.1) is 35.9 Å². The maximum atomic E-state index is 12.9. The first-order valence-electron chi connectivity index (χ1n) is 16.9. The Bertz CT molecular complexity index is 1050. The highest BCUT2D eigenvalue weighted by Crippen LogP contribution is 2.43. The van der Waals surface area contributed by atoms with Crippen LogP contribution in [0, 0.1) is 22.7 Å². The molecule has 0 radical (unpaired) electrons. The number of carbonyl (C=O) groups is 1. The number of unbranched alkanes of at least 4 members (excludes halogenated alkanes) is 12. The zero-order valence-electron chi connectivity index (χ0n) is 26.4. The minimum Gasteiger partial charge on any atom is -0.492 e. The molecule has 0 atom stereocenters. The first-order chi connectivity index (χ1) is 20.6. The Balaban J connectivity index is 1.36. The van der Waals surface area contributed by atoms with Crippen LogP contribution in [0.5, 0.6) is 11.5 Å². The van der Waals surface area contributed by atoms with Crippen LogP contribution in [0.15, 0.2) is 42.6 Å². The Morgan fingerprint density at radius 2 is 1.38 bits per heavy atom. The molecule has 0 saturated heterocycles. The fourth-order valence-corrected chi connectivity index (χ4v) is 6.02. The summed E-state index contributed by atoms with van der Waals surface area (Å²) in [5.74, 6) is 1.05. The topological polar surface area (TPSA) is 72.2 Å².